The molecule has 0 unspecified atom stereocenters. The SMILES string of the molecule is Cc1cc(C(=O)Nc2ccc(Br)c(C)n2)ccc1[N+](=O)[O-]. The van der Waals surface area contributed by atoms with Crippen LogP contribution in [0, 0.1) is 24.0 Å². The third kappa shape index (κ3) is 3.43. The molecule has 108 valence electrons. The molecule has 1 amide bonds. The van der Waals surface area contributed by atoms with E-state index in [1.54, 1.807) is 19.1 Å². The number of benzene rings is 1. The lowest BCUT2D eigenvalue weighted by atomic mass is 10.1. The number of anilines is 1. The molecule has 2 aromatic rings. The Labute approximate surface area is 129 Å². The molecule has 2 rings (SSSR count). The van der Waals surface area contributed by atoms with Crippen molar-refractivity contribution in [2.24, 2.45) is 0 Å². The Morgan fingerprint density at radius 1 is 1.29 bits per heavy atom. The minimum Gasteiger partial charge on any atom is -0.307 e. The zero-order valence-corrected chi connectivity index (χ0v) is 13.0. The Kier molecular flexibility index (Phi) is 4.32. The normalized spacial score (nSPS) is 10.2. The largest absolute Gasteiger partial charge is 0.307 e. The number of aryl methyl sites for hydroxylation is 2. The van der Waals surface area contributed by atoms with Crippen LogP contribution in [-0.4, -0.2) is 15.8 Å². The summed E-state index contributed by atoms with van der Waals surface area (Å²) in [6, 6.07) is 7.70. The standard InChI is InChI=1S/C14H12BrN3O3/c1-8-7-10(3-5-12(8)18(20)21)14(19)17-13-6-4-11(15)9(2)16-13/h3-7H,1-2H3,(H,16,17,19). The number of nitrogens with one attached hydrogen (secondary N) is 1. The smallest absolute Gasteiger partial charge is 0.272 e. The Balaban J connectivity index is 2.22. The van der Waals surface area contributed by atoms with Gasteiger partial charge >= 0.3 is 0 Å². The number of hydrogen-bond acceptors (Lipinski definition) is 4. The van der Waals surface area contributed by atoms with Crippen LogP contribution >= 0.6 is 15.9 Å². The number of carbonyl (C=O) groups excluding carboxylic acids is 1. The number of nitro groups is 1. The van der Waals surface area contributed by atoms with Crippen LogP contribution in [0.1, 0.15) is 21.6 Å². The molecule has 0 fully saturated rings. The predicted octanol–water partition coefficient (Wildman–Crippen LogP) is 3.62. The van der Waals surface area contributed by atoms with E-state index in [0.29, 0.717) is 16.9 Å². The zero-order valence-electron chi connectivity index (χ0n) is 11.4. The Bertz CT molecular complexity index is 731. The van der Waals surface area contributed by atoms with Gasteiger partial charge in [0.1, 0.15) is 5.82 Å². The number of amides is 1. The number of nitro benzene ring substituents is 1. The third-order valence-electron chi connectivity index (χ3n) is 2.92. The number of aromatic nitrogens is 1. The van der Waals surface area contributed by atoms with Gasteiger partial charge in [-0.25, -0.2) is 4.98 Å². The van der Waals surface area contributed by atoms with Crippen LogP contribution in [0.2, 0.25) is 0 Å². The van der Waals surface area contributed by atoms with E-state index in [9.17, 15) is 14.9 Å². The van der Waals surface area contributed by atoms with Crippen molar-refractivity contribution in [1.29, 1.82) is 0 Å². The quantitative estimate of drug-likeness (QED) is 0.677. The summed E-state index contributed by atoms with van der Waals surface area (Å²) in [4.78, 5) is 26.6. The number of halogens is 1. The van der Waals surface area contributed by atoms with Crippen LogP contribution in [0.3, 0.4) is 0 Å². The van der Waals surface area contributed by atoms with Gasteiger partial charge in [0.2, 0.25) is 0 Å². The fourth-order valence-electron chi connectivity index (χ4n) is 1.80. The number of hydrogen-bond donors (Lipinski definition) is 1. The maximum Gasteiger partial charge on any atom is 0.272 e. The van der Waals surface area contributed by atoms with Crippen molar-refractivity contribution in [1.82, 2.24) is 4.98 Å². The lowest BCUT2D eigenvalue weighted by molar-refractivity contribution is -0.385. The van der Waals surface area contributed by atoms with Crippen molar-refractivity contribution in [3.05, 3.63) is 61.7 Å². The third-order valence-corrected chi connectivity index (χ3v) is 3.76. The molecule has 6 nitrogen and oxygen atoms in total. The number of nitrogens with zero attached hydrogens (tertiary/aromatic N) is 2. The van der Waals surface area contributed by atoms with Crippen LogP contribution in [-0.2, 0) is 0 Å². The molecule has 7 heteroatoms. The maximum absolute atomic E-state index is 12.1. The monoisotopic (exact) mass is 349 g/mol. The lowest BCUT2D eigenvalue weighted by Crippen LogP contribution is -2.13. The van der Waals surface area contributed by atoms with Crippen molar-refractivity contribution < 1.29 is 9.72 Å². The minimum atomic E-state index is -0.476. The molecule has 1 N–H and O–H groups in total. The summed E-state index contributed by atoms with van der Waals surface area (Å²) < 4.78 is 0.853. The van der Waals surface area contributed by atoms with E-state index >= 15 is 0 Å². The molecule has 0 atom stereocenters. The van der Waals surface area contributed by atoms with Crippen LogP contribution in [0.25, 0.3) is 0 Å². The van der Waals surface area contributed by atoms with Crippen LogP contribution in [0.15, 0.2) is 34.8 Å². The highest BCUT2D eigenvalue weighted by atomic mass is 79.9. The van der Waals surface area contributed by atoms with E-state index in [1.165, 1.54) is 18.2 Å². The first-order valence-electron chi connectivity index (χ1n) is 6.08. The van der Waals surface area contributed by atoms with E-state index in [2.05, 4.69) is 26.2 Å². The second-order valence-electron chi connectivity index (χ2n) is 4.48. The Hall–Kier alpha value is -2.28. The number of carbonyl (C=O) groups is 1. The van der Waals surface area contributed by atoms with Gasteiger partial charge in [0.25, 0.3) is 11.6 Å². The maximum atomic E-state index is 12.1. The van der Waals surface area contributed by atoms with Gasteiger partial charge in [0.05, 0.1) is 10.6 Å². The summed E-state index contributed by atoms with van der Waals surface area (Å²) in [5.74, 6) is 0.0685. The second kappa shape index (κ2) is 6.01. The summed E-state index contributed by atoms with van der Waals surface area (Å²) in [5, 5.41) is 13.4. The van der Waals surface area contributed by atoms with E-state index in [0.717, 1.165) is 10.2 Å². The van der Waals surface area contributed by atoms with Crippen molar-refractivity contribution in [2.75, 3.05) is 5.32 Å². The van der Waals surface area contributed by atoms with Gasteiger partial charge < -0.3 is 5.32 Å². The van der Waals surface area contributed by atoms with Gasteiger partial charge in [0, 0.05) is 21.7 Å². The van der Waals surface area contributed by atoms with Crippen LogP contribution in [0.5, 0.6) is 0 Å². The fraction of sp³-hybridized carbons (Fsp3) is 0.143. The van der Waals surface area contributed by atoms with Crippen molar-refractivity contribution in [2.45, 2.75) is 13.8 Å². The molecule has 0 aliphatic carbocycles. The highest BCUT2D eigenvalue weighted by Crippen LogP contribution is 2.20. The summed E-state index contributed by atoms with van der Waals surface area (Å²) in [7, 11) is 0. The number of pyridine rings is 1. The molecular formula is C14H12BrN3O3. The molecule has 0 aliphatic rings. The van der Waals surface area contributed by atoms with E-state index in [-0.39, 0.29) is 11.6 Å². The van der Waals surface area contributed by atoms with Crippen molar-refractivity contribution in [3.8, 4) is 0 Å². The average molecular weight is 350 g/mol. The molecule has 21 heavy (non-hydrogen) atoms. The van der Waals surface area contributed by atoms with E-state index in [4.69, 9.17) is 0 Å². The number of rotatable bonds is 3. The molecule has 1 heterocycles. The molecule has 0 saturated heterocycles. The second-order valence-corrected chi connectivity index (χ2v) is 5.33. The van der Waals surface area contributed by atoms with Gasteiger partial charge in [-0.05, 0) is 54.0 Å². The Morgan fingerprint density at radius 3 is 2.57 bits per heavy atom. The van der Waals surface area contributed by atoms with Gasteiger partial charge in [-0.15, -0.1) is 0 Å². The first-order chi connectivity index (χ1) is 9.88. The van der Waals surface area contributed by atoms with E-state index < -0.39 is 4.92 Å². The molecule has 1 aromatic carbocycles. The van der Waals surface area contributed by atoms with Gasteiger partial charge in [-0.1, -0.05) is 0 Å². The topological polar surface area (TPSA) is 85.1 Å². The molecule has 0 aliphatic heterocycles. The molecular weight excluding hydrogens is 338 g/mol. The Morgan fingerprint density at radius 2 is 2.00 bits per heavy atom. The molecule has 0 spiro atoms. The van der Waals surface area contributed by atoms with Crippen LogP contribution < -0.4 is 5.32 Å². The molecule has 0 radical (unpaired) electrons. The van der Waals surface area contributed by atoms with Gasteiger partial charge in [-0.2, -0.15) is 0 Å². The van der Waals surface area contributed by atoms with Gasteiger partial charge in [0.15, 0.2) is 0 Å². The molecule has 0 bridgehead atoms. The average Bonchev–Trinajstić information content (AvgIpc) is 2.42. The summed E-state index contributed by atoms with van der Waals surface area (Å²) >= 11 is 3.33. The van der Waals surface area contributed by atoms with Gasteiger partial charge in [-0.3, -0.25) is 14.9 Å². The first-order valence-corrected chi connectivity index (χ1v) is 6.87. The summed E-state index contributed by atoms with van der Waals surface area (Å²) in [6.45, 7) is 3.41. The van der Waals surface area contributed by atoms with Crippen molar-refractivity contribution >= 4 is 33.3 Å². The lowest BCUT2D eigenvalue weighted by Gasteiger charge is -2.07. The summed E-state index contributed by atoms with van der Waals surface area (Å²) in [5.41, 5.74) is 1.53. The van der Waals surface area contributed by atoms with Crippen molar-refractivity contribution in [3.63, 3.8) is 0 Å². The highest BCUT2D eigenvalue weighted by molar-refractivity contribution is 9.10. The summed E-state index contributed by atoms with van der Waals surface area (Å²) in [6.07, 6.45) is 0. The first kappa shape index (κ1) is 15.1. The minimum absolute atomic E-state index is 0.0100. The highest BCUT2D eigenvalue weighted by Gasteiger charge is 2.14. The molecule has 0 saturated carbocycles. The predicted molar refractivity (Wildman–Crippen MR) is 82.5 cm³/mol. The zero-order chi connectivity index (χ0) is 15.6. The van der Waals surface area contributed by atoms with E-state index in [1.807, 2.05) is 6.92 Å². The van der Waals surface area contributed by atoms with Crippen LogP contribution in [0.4, 0.5) is 11.5 Å². The fourth-order valence-corrected chi connectivity index (χ4v) is 2.02. The molecule has 1 aromatic heterocycles.